The van der Waals surface area contributed by atoms with E-state index in [1.54, 1.807) is 7.05 Å². The van der Waals surface area contributed by atoms with Crippen LogP contribution in [0.4, 0.5) is 10.7 Å². The summed E-state index contributed by atoms with van der Waals surface area (Å²) in [7, 11) is 1.69. The molecule has 1 aromatic heterocycles. The molecule has 2 atom stereocenters. The number of rotatable bonds is 4. The first-order valence-electron chi connectivity index (χ1n) is 11.4. The maximum absolute atomic E-state index is 13.7. The number of hydrogen-bond donors (Lipinski definition) is 0. The second kappa shape index (κ2) is 7.52. The predicted octanol–water partition coefficient (Wildman–Crippen LogP) is 3.10. The highest BCUT2D eigenvalue weighted by Crippen LogP contribution is 2.31. The molecule has 0 saturated carbocycles. The number of fused-ring (bicyclic) bond motifs is 4. The molecule has 0 N–H and O–H groups in total. The Kier molecular flexibility index (Phi) is 4.58. The van der Waals surface area contributed by atoms with Gasteiger partial charge in [0.15, 0.2) is 0 Å². The average Bonchev–Trinajstić information content (AvgIpc) is 3.53. The number of carbonyl (C=O) groups excluding carboxylic acids is 2. The molecular formula is C25H26N5O3+. The largest absolute Gasteiger partial charge is 0.402 e. The number of ether oxygens (including phenoxy) is 1. The first-order valence-corrected chi connectivity index (χ1v) is 11.4. The third-order valence-electron chi connectivity index (χ3n) is 6.94. The zero-order valence-electron chi connectivity index (χ0n) is 18.8. The summed E-state index contributed by atoms with van der Waals surface area (Å²) in [6.45, 7) is 3.73. The second-order valence-electron chi connectivity index (χ2n) is 9.00. The molecule has 3 aromatic rings. The molecule has 0 bridgehead atoms. The van der Waals surface area contributed by atoms with E-state index in [2.05, 4.69) is 4.57 Å². The summed E-state index contributed by atoms with van der Waals surface area (Å²) in [5.41, 5.74) is 1.97. The number of imide groups is 1. The molecule has 6 rings (SSSR count). The van der Waals surface area contributed by atoms with Crippen LogP contribution in [0.3, 0.4) is 0 Å². The van der Waals surface area contributed by atoms with Crippen molar-refractivity contribution in [2.75, 3.05) is 13.7 Å². The summed E-state index contributed by atoms with van der Waals surface area (Å²) < 4.78 is 9.82. The van der Waals surface area contributed by atoms with Crippen LogP contribution in [0.2, 0.25) is 0 Å². The molecule has 2 aromatic carbocycles. The lowest BCUT2D eigenvalue weighted by Crippen LogP contribution is -2.62. The average molecular weight is 445 g/mol. The summed E-state index contributed by atoms with van der Waals surface area (Å²) in [6.07, 6.45) is 4.20. The SMILES string of the molecule is Cc1c[n+]2c(n1CC1CCCO1)N=C1C2C(=O)N(Cc2cccc3ccccc23)C(=O)N1C. The molecule has 33 heavy (non-hydrogen) atoms. The van der Waals surface area contributed by atoms with Crippen molar-refractivity contribution in [3.63, 3.8) is 0 Å². The molecule has 0 aliphatic carbocycles. The van der Waals surface area contributed by atoms with Gasteiger partial charge in [-0.15, -0.1) is 0 Å². The van der Waals surface area contributed by atoms with Gasteiger partial charge in [0.05, 0.1) is 19.2 Å². The first-order chi connectivity index (χ1) is 16.0. The second-order valence-corrected chi connectivity index (χ2v) is 9.00. The molecule has 3 aliphatic rings. The van der Waals surface area contributed by atoms with Crippen LogP contribution in [-0.2, 0) is 22.6 Å². The quantitative estimate of drug-likeness (QED) is 0.581. The molecule has 2 saturated heterocycles. The van der Waals surface area contributed by atoms with E-state index < -0.39 is 6.04 Å². The molecule has 4 heterocycles. The lowest BCUT2D eigenvalue weighted by atomic mass is 10.0. The van der Waals surface area contributed by atoms with Gasteiger partial charge < -0.3 is 4.74 Å². The predicted molar refractivity (Wildman–Crippen MR) is 122 cm³/mol. The van der Waals surface area contributed by atoms with E-state index in [1.807, 2.05) is 60.2 Å². The van der Waals surface area contributed by atoms with Gasteiger partial charge in [0.1, 0.15) is 11.9 Å². The summed E-state index contributed by atoms with van der Waals surface area (Å²) in [4.78, 5) is 34.5. The molecule has 8 nitrogen and oxygen atoms in total. The zero-order chi connectivity index (χ0) is 22.7. The van der Waals surface area contributed by atoms with Crippen LogP contribution in [0.5, 0.6) is 0 Å². The number of carbonyl (C=O) groups is 2. The number of amidine groups is 1. The monoisotopic (exact) mass is 444 g/mol. The van der Waals surface area contributed by atoms with E-state index in [9.17, 15) is 9.59 Å². The minimum atomic E-state index is -0.637. The Labute approximate surface area is 191 Å². The summed E-state index contributed by atoms with van der Waals surface area (Å²) in [5, 5.41) is 2.13. The maximum Gasteiger partial charge on any atom is 0.402 e. The van der Waals surface area contributed by atoms with Gasteiger partial charge in [-0.25, -0.2) is 13.9 Å². The number of likely N-dealkylation sites (N-methyl/N-ethyl adjacent to an activating group) is 1. The molecule has 3 aliphatic heterocycles. The van der Waals surface area contributed by atoms with E-state index in [4.69, 9.17) is 9.73 Å². The first kappa shape index (κ1) is 20.1. The van der Waals surface area contributed by atoms with Crippen LogP contribution in [0.25, 0.3) is 10.8 Å². The highest BCUT2D eigenvalue weighted by molar-refractivity contribution is 6.19. The summed E-state index contributed by atoms with van der Waals surface area (Å²) in [5.74, 6) is 0.932. The molecule has 2 fully saturated rings. The number of nitrogens with zero attached hydrogens (tertiary/aromatic N) is 5. The Balaban J connectivity index is 1.36. The fourth-order valence-corrected chi connectivity index (χ4v) is 5.19. The van der Waals surface area contributed by atoms with Crippen molar-refractivity contribution < 1.29 is 18.9 Å². The van der Waals surface area contributed by atoms with Crippen LogP contribution in [0.15, 0.2) is 53.7 Å². The van der Waals surface area contributed by atoms with Gasteiger partial charge in [-0.3, -0.25) is 14.6 Å². The third-order valence-corrected chi connectivity index (χ3v) is 6.94. The lowest BCUT2D eigenvalue weighted by molar-refractivity contribution is -0.677. The number of amides is 3. The van der Waals surface area contributed by atoms with Crippen LogP contribution >= 0.6 is 0 Å². The van der Waals surface area contributed by atoms with Gasteiger partial charge in [0.25, 0.3) is 5.91 Å². The van der Waals surface area contributed by atoms with Crippen molar-refractivity contribution >= 4 is 34.5 Å². The Morgan fingerprint density at radius 2 is 1.97 bits per heavy atom. The lowest BCUT2D eigenvalue weighted by Gasteiger charge is -2.33. The number of hydrogen-bond acceptors (Lipinski definition) is 4. The molecule has 0 spiro atoms. The Bertz CT molecular complexity index is 1320. The Morgan fingerprint density at radius 1 is 1.15 bits per heavy atom. The summed E-state index contributed by atoms with van der Waals surface area (Å²) >= 11 is 0. The van der Waals surface area contributed by atoms with Gasteiger partial charge in [-0.2, -0.15) is 0 Å². The van der Waals surface area contributed by atoms with Crippen LogP contribution in [0.1, 0.15) is 30.1 Å². The fraction of sp³-hybridized carbons (Fsp3) is 0.360. The maximum atomic E-state index is 13.7. The van der Waals surface area contributed by atoms with Crippen LogP contribution in [0, 0.1) is 6.92 Å². The third kappa shape index (κ3) is 3.08. The van der Waals surface area contributed by atoms with Crippen molar-refractivity contribution in [3.05, 3.63) is 59.9 Å². The van der Waals surface area contributed by atoms with Gasteiger partial charge >= 0.3 is 12.0 Å². The molecule has 168 valence electrons. The smallest absolute Gasteiger partial charge is 0.375 e. The fourth-order valence-electron chi connectivity index (χ4n) is 5.19. The van der Waals surface area contributed by atoms with Gasteiger partial charge in [-0.1, -0.05) is 47.5 Å². The standard InChI is InChI=1S/C25H26N5O3/c1-16-13-29-21-22(26-24(29)28(16)15-19-10-6-12-33-19)27(2)25(32)30(23(21)31)14-18-9-5-8-17-7-3-4-11-20(17)18/h3-5,7-9,11,13,19,21H,6,10,12,14-15H2,1-2H3/q+1. The van der Waals surface area contributed by atoms with Crippen molar-refractivity contribution in [1.29, 1.82) is 0 Å². The van der Waals surface area contributed by atoms with Crippen molar-refractivity contribution in [2.45, 2.75) is 45.0 Å². The topological polar surface area (TPSA) is 71.0 Å². The minimum Gasteiger partial charge on any atom is -0.375 e. The normalized spacial score (nSPS) is 22.2. The van der Waals surface area contributed by atoms with Crippen LogP contribution < -0.4 is 4.57 Å². The number of imidazole rings is 1. The number of benzene rings is 2. The molecule has 2 unspecified atom stereocenters. The highest BCUT2D eigenvalue weighted by atomic mass is 16.5. The van der Waals surface area contributed by atoms with Gasteiger partial charge in [-0.05, 0) is 36.1 Å². The minimum absolute atomic E-state index is 0.154. The molecule has 3 amide bonds. The van der Waals surface area contributed by atoms with E-state index in [0.717, 1.165) is 41.5 Å². The number of aliphatic imine (C=N–C) groups is 1. The highest BCUT2D eigenvalue weighted by Gasteiger charge is 2.53. The van der Waals surface area contributed by atoms with Crippen molar-refractivity contribution in [2.24, 2.45) is 4.99 Å². The Hall–Kier alpha value is -3.52. The van der Waals surface area contributed by atoms with Crippen LogP contribution in [-0.4, -0.2) is 51.9 Å². The van der Waals surface area contributed by atoms with E-state index in [1.165, 1.54) is 9.80 Å². The van der Waals surface area contributed by atoms with Gasteiger partial charge in [0, 0.05) is 13.7 Å². The summed E-state index contributed by atoms with van der Waals surface area (Å²) in [6, 6.07) is 13.0. The van der Waals surface area contributed by atoms with E-state index in [0.29, 0.717) is 18.3 Å². The number of urea groups is 1. The van der Waals surface area contributed by atoms with Crippen molar-refractivity contribution in [1.82, 2.24) is 14.4 Å². The molecular weight excluding hydrogens is 418 g/mol. The molecule has 8 heteroatoms. The molecule has 0 radical (unpaired) electrons. The van der Waals surface area contributed by atoms with E-state index >= 15 is 0 Å². The van der Waals surface area contributed by atoms with Crippen molar-refractivity contribution in [3.8, 4) is 0 Å². The van der Waals surface area contributed by atoms with Gasteiger partial charge in [0.2, 0.25) is 11.9 Å². The Morgan fingerprint density at radius 3 is 2.79 bits per heavy atom. The number of aryl methyl sites for hydroxylation is 1. The zero-order valence-corrected chi connectivity index (χ0v) is 18.8. The number of aromatic nitrogens is 2. The van der Waals surface area contributed by atoms with E-state index in [-0.39, 0.29) is 24.6 Å².